The summed E-state index contributed by atoms with van der Waals surface area (Å²) in [6.45, 7) is 3.89. The maximum absolute atomic E-state index is 13.3. The summed E-state index contributed by atoms with van der Waals surface area (Å²) in [5, 5.41) is 12.0. The SMILES string of the molecule is Cc1coc(C)c1C(=O)C[C@]1(O)C(=O)N(CCOc2ccc(Cl)cc2)c2ccccc21. The van der Waals surface area contributed by atoms with Crippen LogP contribution in [0.1, 0.15) is 33.7 Å². The molecule has 2 aromatic carbocycles. The highest BCUT2D eigenvalue weighted by atomic mass is 35.5. The highest BCUT2D eigenvalue weighted by Gasteiger charge is 2.51. The molecule has 0 radical (unpaired) electrons. The van der Waals surface area contributed by atoms with Gasteiger partial charge in [-0.3, -0.25) is 9.59 Å². The number of rotatable bonds is 7. The molecule has 4 rings (SSSR count). The maximum atomic E-state index is 13.3. The van der Waals surface area contributed by atoms with E-state index in [-0.39, 0.29) is 25.4 Å². The summed E-state index contributed by atoms with van der Waals surface area (Å²) >= 11 is 5.88. The summed E-state index contributed by atoms with van der Waals surface area (Å²) in [5.74, 6) is 0.216. The highest BCUT2D eigenvalue weighted by Crippen LogP contribution is 2.43. The van der Waals surface area contributed by atoms with Crippen LogP contribution >= 0.6 is 11.6 Å². The zero-order chi connectivity index (χ0) is 22.2. The lowest BCUT2D eigenvalue weighted by molar-refractivity contribution is -0.135. The molecule has 1 N–H and O–H groups in total. The summed E-state index contributed by atoms with van der Waals surface area (Å²) in [4.78, 5) is 27.7. The molecule has 0 spiro atoms. The smallest absolute Gasteiger partial charge is 0.264 e. The van der Waals surface area contributed by atoms with Crippen molar-refractivity contribution in [1.29, 1.82) is 0 Å². The number of carbonyl (C=O) groups excluding carboxylic acids is 2. The molecule has 0 bridgehead atoms. The van der Waals surface area contributed by atoms with E-state index in [9.17, 15) is 14.7 Å². The lowest BCUT2D eigenvalue weighted by atomic mass is 9.87. The van der Waals surface area contributed by atoms with E-state index in [1.54, 1.807) is 62.4 Å². The van der Waals surface area contributed by atoms with Crippen molar-refractivity contribution < 1.29 is 23.8 Å². The minimum atomic E-state index is -1.94. The second-order valence-corrected chi connectivity index (χ2v) is 8.02. The Kier molecular flexibility index (Phi) is 5.60. The number of halogens is 1. The van der Waals surface area contributed by atoms with E-state index in [0.29, 0.717) is 38.9 Å². The Labute approximate surface area is 185 Å². The third-order valence-electron chi connectivity index (χ3n) is 5.49. The summed E-state index contributed by atoms with van der Waals surface area (Å²) in [6.07, 6.45) is 1.13. The molecular formula is C24H22ClNO5. The average molecular weight is 440 g/mol. The van der Waals surface area contributed by atoms with Gasteiger partial charge in [0.05, 0.1) is 30.5 Å². The fourth-order valence-corrected chi connectivity index (χ4v) is 4.12. The Morgan fingerprint density at radius 2 is 1.87 bits per heavy atom. The van der Waals surface area contributed by atoms with E-state index in [1.165, 1.54) is 11.2 Å². The lowest BCUT2D eigenvalue weighted by Gasteiger charge is -2.23. The van der Waals surface area contributed by atoms with Crippen molar-refractivity contribution >= 4 is 29.0 Å². The van der Waals surface area contributed by atoms with Crippen LogP contribution in [-0.2, 0) is 10.4 Å². The second-order valence-electron chi connectivity index (χ2n) is 7.59. The quantitative estimate of drug-likeness (QED) is 0.550. The largest absolute Gasteiger partial charge is 0.492 e. The first-order chi connectivity index (χ1) is 14.8. The number of amides is 1. The van der Waals surface area contributed by atoms with Crippen molar-refractivity contribution in [1.82, 2.24) is 0 Å². The number of Topliss-reactive ketones (excluding diaryl/α,β-unsaturated/α-hetero) is 1. The number of fused-ring (bicyclic) bond motifs is 1. The molecule has 0 fully saturated rings. The van der Waals surface area contributed by atoms with Gasteiger partial charge in [-0.25, -0.2) is 0 Å². The Bertz CT molecular complexity index is 1120. The Balaban J connectivity index is 1.55. The molecule has 1 aliphatic heterocycles. The summed E-state index contributed by atoms with van der Waals surface area (Å²) in [7, 11) is 0. The third-order valence-corrected chi connectivity index (χ3v) is 5.74. The number of furan rings is 1. The molecule has 1 atom stereocenters. The molecule has 1 aliphatic rings. The van der Waals surface area contributed by atoms with Gasteiger partial charge in [-0.1, -0.05) is 29.8 Å². The monoisotopic (exact) mass is 439 g/mol. The van der Waals surface area contributed by atoms with Crippen LogP contribution in [0.25, 0.3) is 0 Å². The normalized spacial score (nSPS) is 17.7. The van der Waals surface area contributed by atoms with Crippen molar-refractivity contribution in [3.8, 4) is 5.75 Å². The van der Waals surface area contributed by atoms with Gasteiger partial charge in [-0.05, 0) is 49.7 Å². The molecule has 160 valence electrons. The van der Waals surface area contributed by atoms with Gasteiger partial charge in [-0.15, -0.1) is 0 Å². The number of hydrogen-bond acceptors (Lipinski definition) is 5. The van der Waals surface area contributed by atoms with Crippen LogP contribution in [0, 0.1) is 13.8 Å². The predicted octanol–water partition coefficient (Wildman–Crippen LogP) is 4.44. The minimum Gasteiger partial charge on any atom is -0.492 e. The molecule has 2 heterocycles. The fraction of sp³-hybridized carbons (Fsp3) is 0.250. The van der Waals surface area contributed by atoms with Gasteiger partial charge in [0.25, 0.3) is 5.91 Å². The second kappa shape index (κ2) is 8.21. The Hall–Kier alpha value is -3.09. The fourth-order valence-electron chi connectivity index (χ4n) is 3.99. The third kappa shape index (κ3) is 3.84. The predicted molar refractivity (Wildman–Crippen MR) is 117 cm³/mol. The van der Waals surface area contributed by atoms with Gasteiger partial charge < -0.3 is 19.2 Å². The van der Waals surface area contributed by atoms with Crippen LogP contribution in [0.5, 0.6) is 5.75 Å². The number of para-hydroxylation sites is 1. The summed E-state index contributed by atoms with van der Waals surface area (Å²) in [6, 6.07) is 13.9. The van der Waals surface area contributed by atoms with E-state index in [4.69, 9.17) is 20.8 Å². The van der Waals surface area contributed by atoms with Crippen LogP contribution in [0.4, 0.5) is 5.69 Å². The van der Waals surface area contributed by atoms with E-state index in [0.717, 1.165) is 0 Å². The van der Waals surface area contributed by atoms with Crippen molar-refractivity contribution in [2.45, 2.75) is 25.9 Å². The number of carbonyl (C=O) groups is 2. The molecular weight excluding hydrogens is 418 g/mol. The van der Waals surface area contributed by atoms with Crippen molar-refractivity contribution in [2.24, 2.45) is 0 Å². The van der Waals surface area contributed by atoms with E-state index in [2.05, 4.69) is 0 Å². The van der Waals surface area contributed by atoms with Crippen molar-refractivity contribution in [2.75, 3.05) is 18.1 Å². The number of aryl methyl sites for hydroxylation is 2. The van der Waals surface area contributed by atoms with E-state index < -0.39 is 11.5 Å². The number of aliphatic hydroxyl groups is 1. The first kappa shape index (κ1) is 21.2. The van der Waals surface area contributed by atoms with E-state index >= 15 is 0 Å². The molecule has 6 nitrogen and oxygen atoms in total. The number of ketones is 1. The Morgan fingerprint density at radius 1 is 1.16 bits per heavy atom. The maximum Gasteiger partial charge on any atom is 0.264 e. The zero-order valence-corrected chi connectivity index (χ0v) is 18.0. The van der Waals surface area contributed by atoms with E-state index in [1.807, 2.05) is 0 Å². The molecule has 7 heteroatoms. The summed E-state index contributed by atoms with van der Waals surface area (Å²) < 4.78 is 11.0. The average Bonchev–Trinajstić information content (AvgIpc) is 3.19. The van der Waals surface area contributed by atoms with Crippen LogP contribution in [-0.4, -0.2) is 29.9 Å². The van der Waals surface area contributed by atoms with Crippen LogP contribution in [0.2, 0.25) is 5.02 Å². The molecule has 3 aromatic rings. The molecule has 0 unspecified atom stereocenters. The first-order valence-electron chi connectivity index (χ1n) is 9.91. The van der Waals surface area contributed by atoms with Gasteiger partial charge in [0.15, 0.2) is 11.4 Å². The summed E-state index contributed by atoms with van der Waals surface area (Å²) in [5.41, 5.74) is 0.132. The molecule has 0 saturated heterocycles. The first-order valence-corrected chi connectivity index (χ1v) is 10.3. The zero-order valence-electron chi connectivity index (χ0n) is 17.2. The van der Waals surface area contributed by atoms with Crippen LogP contribution in [0.3, 0.4) is 0 Å². The van der Waals surface area contributed by atoms with Gasteiger partial charge >= 0.3 is 0 Å². The highest BCUT2D eigenvalue weighted by molar-refractivity contribution is 6.30. The number of ether oxygens (including phenoxy) is 1. The van der Waals surface area contributed by atoms with Crippen molar-refractivity contribution in [3.63, 3.8) is 0 Å². The minimum absolute atomic E-state index is 0.214. The number of hydrogen-bond donors (Lipinski definition) is 1. The molecule has 0 aliphatic carbocycles. The van der Waals surface area contributed by atoms with Crippen LogP contribution in [0.15, 0.2) is 59.2 Å². The Morgan fingerprint density at radius 3 is 2.55 bits per heavy atom. The van der Waals surface area contributed by atoms with Crippen LogP contribution < -0.4 is 9.64 Å². The van der Waals surface area contributed by atoms with Gasteiger partial charge in [0.2, 0.25) is 0 Å². The topological polar surface area (TPSA) is 80.0 Å². The molecule has 1 aromatic heterocycles. The lowest BCUT2D eigenvalue weighted by Crippen LogP contribution is -2.43. The standard InChI is InChI=1S/C24H22ClNO5/c1-15-14-31-16(2)22(15)21(27)13-24(29)19-5-3-4-6-20(19)26(23(24)28)11-12-30-18-9-7-17(25)8-10-18/h3-10,14,29H,11-13H2,1-2H3/t24-/m1/s1. The van der Waals surface area contributed by atoms with Gasteiger partial charge in [0, 0.05) is 10.6 Å². The molecule has 0 saturated carbocycles. The van der Waals surface area contributed by atoms with Gasteiger partial charge in [-0.2, -0.15) is 0 Å². The number of benzene rings is 2. The number of nitrogens with zero attached hydrogens (tertiary/aromatic N) is 1. The molecule has 31 heavy (non-hydrogen) atoms. The van der Waals surface area contributed by atoms with Crippen molar-refractivity contribution in [3.05, 3.63) is 82.3 Å². The van der Waals surface area contributed by atoms with Gasteiger partial charge in [0.1, 0.15) is 18.1 Å². The molecule has 1 amide bonds. The number of anilines is 1.